The summed E-state index contributed by atoms with van der Waals surface area (Å²) in [4.78, 5) is 37.4. The zero-order valence-corrected chi connectivity index (χ0v) is 13.2. The van der Waals surface area contributed by atoms with Crippen LogP contribution in [0, 0.1) is 16.7 Å². The second-order valence-corrected chi connectivity index (χ2v) is 6.92. The van der Waals surface area contributed by atoms with Crippen molar-refractivity contribution in [2.24, 2.45) is 16.7 Å². The standard InChI is InChI=1S/C18H21NO3/c1-4-11-5-7-12(8-6-11)19-16(22)18-10-9-13(17(18,2)3)14(20)15(18)21/h5-8,13H,4,9-10H2,1-3H3,(H,19,22). The first kappa shape index (κ1) is 14.9. The van der Waals surface area contributed by atoms with Crippen molar-refractivity contribution in [1.29, 1.82) is 0 Å². The van der Waals surface area contributed by atoms with Gasteiger partial charge in [0.1, 0.15) is 5.41 Å². The zero-order chi connectivity index (χ0) is 16.1. The third-order valence-electron chi connectivity index (χ3n) is 5.71. The van der Waals surface area contributed by atoms with E-state index in [2.05, 4.69) is 12.2 Å². The van der Waals surface area contributed by atoms with Crippen molar-refractivity contribution in [2.45, 2.75) is 40.0 Å². The van der Waals surface area contributed by atoms with Gasteiger partial charge in [-0.05, 0) is 42.4 Å². The van der Waals surface area contributed by atoms with E-state index in [1.807, 2.05) is 38.1 Å². The number of hydrogen-bond acceptors (Lipinski definition) is 3. The Kier molecular flexibility index (Phi) is 3.24. The minimum absolute atomic E-state index is 0.312. The number of benzene rings is 1. The molecule has 2 unspecified atom stereocenters. The Morgan fingerprint density at radius 2 is 1.86 bits per heavy atom. The molecule has 0 aromatic heterocycles. The Hall–Kier alpha value is -1.97. The van der Waals surface area contributed by atoms with Gasteiger partial charge in [0.15, 0.2) is 0 Å². The van der Waals surface area contributed by atoms with Gasteiger partial charge in [0.25, 0.3) is 0 Å². The predicted molar refractivity (Wildman–Crippen MR) is 83.4 cm³/mol. The van der Waals surface area contributed by atoms with Crippen LogP contribution in [0.5, 0.6) is 0 Å². The van der Waals surface area contributed by atoms with Gasteiger partial charge in [0, 0.05) is 11.6 Å². The maximum absolute atomic E-state index is 12.8. The van der Waals surface area contributed by atoms with Crippen molar-refractivity contribution in [1.82, 2.24) is 0 Å². The van der Waals surface area contributed by atoms with Crippen molar-refractivity contribution in [3.63, 3.8) is 0 Å². The average Bonchev–Trinajstić information content (AvgIpc) is 2.84. The number of amides is 1. The molecule has 116 valence electrons. The summed E-state index contributed by atoms with van der Waals surface area (Å²) in [7, 11) is 0. The van der Waals surface area contributed by atoms with Crippen LogP contribution in [0.25, 0.3) is 0 Å². The van der Waals surface area contributed by atoms with E-state index in [0.717, 1.165) is 6.42 Å². The smallest absolute Gasteiger partial charge is 0.239 e. The molecule has 1 aromatic carbocycles. The summed E-state index contributed by atoms with van der Waals surface area (Å²) < 4.78 is 0. The number of Topliss-reactive ketones (excluding diaryl/α,β-unsaturated/α-hetero) is 2. The van der Waals surface area contributed by atoms with Gasteiger partial charge in [-0.2, -0.15) is 0 Å². The largest absolute Gasteiger partial charge is 0.325 e. The molecule has 1 N–H and O–H groups in total. The van der Waals surface area contributed by atoms with Gasteiger partial charge >= 0.3 is 0 Å². The van der Waals surface area contributed by atoms with E-state index < -0.39 is 16.6 Å². The molecule has 2 aliphatic carbocycles. The molecule has 0 saturated heterocycles. The minimum atomic E-state index is -1.20. The fourth-order valence-corrected chi connectivity index (χ4v) is 4.15. The molecule has 3 rings (SSSR count). The first-order chi connectivity index (χ1) is 10.3. The molecule has 22 heavy (non-hydrogen) atoms. The molecule has 0 aliphatic heterocycles. The Balaban J connectivity index is 1.90. The van der Waals surface area contributed by atoms with Crippen molar-refractivity contribution in [3.8, 4) is 0 Å². The van der Waals surface area contributed by atoms with Crippen LogP contribution in [0.2, 0.25) is 0 Å². The van der Waals surface area contributed by atoms with Gasteiger partial charge < -0.3 is 5.32 Å². The minimum Gasteiger partial charge on any atom is -0.325 e. The molecule has 0 spiro atoms. The van der Waals surface area contributed by atoms with Gasteiger partial charge in [0.05, 0.1) is 0 Å². The molecule has 4 heteroatoms. The predicted octanol–water partition coefficient (Wildman–Crippen LogP) is 2.76. The lowest BCUT2D eigenvalue weighted by Crippen LogP contribution is -2.47. The molecule has 2 bridgehead atoms. The lowest BCUT2D eigenvalue weighted by molar-refractivity contribution is -0.147. The van der Waals surface area contributed by atoms with Crippen LogP contribution in [0.3, 0.4) is 0 Å². The topological polar surface area (TPSA) is 63.2 Å². The highest BCUT2D eigenvalue weighted by Crippen LogP contribution is 2.62. The number of nitrogens with one attached hydrogen (secondary N) is 1. The molecule has 1 amide bonds. The number of carbonyl (C=O) groups is 3. The first-order valence-corrected chi connectivity index (χ1v) is 7.83. The molecular formula is C18H21NO3. The molecule has 0 radical (unpaired) electrons. The third kappa shape index (κ3) is 1.73. The summed E-state index contributed by atoms with van der Waals surface area (Å²) in [6.07, 6.45) is 2.02. The highest BCUT2D eigenvalue weighted by atomic mass is 16.2. The molecule has 2 aliphatic rings. The van der Waals surface area contributed by atoms with Crippen LogP contribution < -0.4 is 5.32 Å². The van der Waals surface area contributed by atoms with E-state index in [-0.39, 0.29) is 17.6 Å². The molecular weight excluding hydrogens is 278 g/mol. The summed E-state index contributed by atoms with van der Waals surface area (Å²) >= 11 is 0. The van der Waals surface area contributed by atoms with E-state index in [0.29, 0.717) is 18.5 Å². The number of hydrogen-bond donors (Lipinski definition) is 1. The molecule has 2 fully saturated rings. The lowest BCUT2D eigenvalue weighted by Gasteiger charge is -2.33. The van der Waals surface area contributed by atoms with Gasteiger partial charge in [-0.25, -0.2) is 0 Å². The monoisotopic (exact) mass is 299 g/mol. The summed E-state index contributed by atoms with van der Waals surface area (Å²) in [6, 6.07) is 7.59. The van der Waals surface area contributed by atoms with E-state index in [9.17, 15) is 14.4 Å². The molecule has 0 heterocycles. The molecule has 1 aromatic rings. The fraction of sp³-hybridized carbons (Fsp3) is 0.500. The van der Waals surface area contributed by atoms with Crippen molar-refractivity contribution in [2.75, 3.05) is 5.32 Å². The van der Waals surface area contributed by atoms with E-state index in [1.165, 1.54) is 5.56 Å². The quantitative estimate of drug-likeness (QED) is 0.689. The number of anilines is 1. The third-order valence-corrected chi connectivity index (χ3v) is 5.71. The average molecular weight is 299 g/mol. The maximum Gasteiger partial charge on any atom is 0.239 e. The van der Waals surface area contributed by atoms with Crippen molar-refractivity contribution in [3.05, 3.63) is 29.8 Å². The number of fused-ring (bicyclic) bond motifs is 2. The Labute approximate surface area is 130 Å². The summed E-state index contributed by atoms with van der Waals surface area (Å²) in [5.74, 6) is -1.52. The summed E-state index contributed by atoms with van der Waals surface area (Å²) in [5.41, 5.74) is 0.0554. The van der Waals surface area contributed by atoms with Gasteiger partial charge in [-0.15, -0.1) is 0 Å². The first-order valence-electron chi connectivity index (χ1n) is 7.83. The van der Waals surface area contributed by atoms with Crippen LogP contribution in [-0.4, -0.2) is 17.5 Å². The van der Waals surface area contributed by atoms with Crippen LogP contribution >= 0.6 is 0 Å². The van der Waals surface area contributed by atoms with E-state index >= 15 is 0 Å². The zero-order valence-electron chi connectivity index (χ0n) is 13.2. The second-order valence-electron chi connectivity index (χ2n) is 6.92. The van der Waals surface area contributed by atoms with Crippen molar-refractivity contribution >= 4 is 23.2 Å². The van der Waals surface area contributed by atoms with Crippen molar-refractivity contribution < 1.29 is 14.4 Å². The number of ketones is 2. The number of aryl methyl sites for hydroxylation is 1. The normalized spacial score (nSPS) is 29.0. The van der Waals surface area contributed by atoms with E-state index in [1.54, 1.807) is 0 Å². The Morgan fingerprint density at radius 1 is 1.23 bits per heavy atom. The van der Waals surface area contributed by atoms with Crippen LogP contribution in [-0.2, 0) is 20.8 Å². The van der Waals surface area contributed by atoms with E-state index in [4.69, 9.17) is 0 Å². The molecule has 2 atom stereocenters. The summed E-state index contributed by atoms with van der Waals surface area (Å²) in [6.45, 7) is 5.80. The second kappa shape index (κ2) is 4.77. The van der Waals surface area contributed by atoms with Crippen LogP contribution in [0.4, 0.5) is 5.69 Å². The molecule has 2 saturated carbocycles. The Morgan fingerprint density at radius 3 is 2.36 bits per heavy atom. The summed E-state index contributed by atoms with van der Waals surface area (Å²) in [5, 5.41) is 2.85. The highest BCUT2D eigenvalue weighted by molar-refractivity contribution is 6.48. The highest BCUT2D eigenvalue weighted by Gasteiger charge is 2.72. The van der Waals surface area contributed by atoms with Gasteiger partial charge in [0.2, 0.25) is 17.5 Å². The molecule has 4 nitrogen and oxygen atoms in total. The number of carbonyl (C=O) groups excluding carboxylic acids is 3. The van der Waals surface area contributed by atoms with Gasteiger partial charge in [-0.3, -0.25) is 14.4 Å². The lowest BCUT2D eigenvalue weighted by atomic mass is 9.68. The fourth-order valence-electron chi connectivity index (χ4n) is 4.15. The Bertz CT molecular complexity index is 659. The maximum atomic E-state index is 12.8. The number of rotatable bonds is 3. The SMILES string of the molecule is CCc1ccc(NC(=O)C23CCC(C(=O)C2=O)C3(C)C)cc1. The van der Waals surface area contributed by atoms with Gasteiger partial charge in [-0.1, -0.05) is 32.9 Å². The van der Waals surface area contributed by atoms with Crippen LogP contribution in [0.15, 0.2) is 24.3 Å². The van der Waals surface area contributed by atoms with Crippen LogP contribution in [0.1, 0.15) is 39.2 Å².